The van der Waals surface area contributed by atoms with Crippen molar-refractivity contribution in [3.05, 3.63) is 63.8 Å². The van der Waals surface area contributed by atoms with E-state index in [9.17, 15) is 4.79 Å². The van der Waals surface area contributed by atoms with E-state index in [1.807, 2.05) is 21.9 Å². The molecule has 1 aliphatic rings. The van der Waals surface area contributed by atoms with Crippen LogP contribution in [0.1, 0.15) is 24.0 Å². The largest absolute Gasteiger partial charge is 0.376 e. The fraction of sp³-hybridized carbons (Fsp3) is 0.286. The van der Waals surface area contributed by atoms with Gasteiger partial charge in [0.05, 0.1) is 18.2 Å². The van der Waals surface area contributed by atoms with Gasteiger partial charge in [0.1, 0.15) is 4.70 Å². The summed E-state index contributed by atoms with van der Waals surface area (Å²) in [6.07, 6.45) is 3.90. The van der Waals surface area contributed by atoms with Gasteiger partial charge in [-0.2, -0.15) is 0 Å². The lowest BCUT2D eigenvalue weighted by Crippen LogP contribution is -2.28. The normalized spacial score (nSPS) is 16.8. The number of hydrogen-bond donors (Lipinski definition) is 0. The lowest BCUT2D eigenvalue weighted by atomic mass is 10.1. The molecule has 0 unspecified atom stereocenters. The minimum absolute atomic E-state index is 0.0121. The Bertz CT molecular complexity index is 1230. The Morgan fingerprint density at radius 1 is 1.28 bits per heavy atom. The molecule has 5 rings (SSSR count). The number of rotatable bonds is 6. The van der Waals surface area contributed by atoms with Crippen molar-refractivity contribution in [2.45, 2.75) is 36.4 Å². The third-order valence-electron chi connectivity index (χ3n) is 5.18. The first-order valence-corrected chi connectivity index (χ1v) is 11.4. The van der Waals surface area contributed by atoms with Crippen molar-refractivity contribution in [3.8, 4) is 0 Å². The van der Waals surface area contributed by atoms with Crippen molar-refractivity contribution >= 4 is 45.2 Å². The molecular weight excluding hydrogens is 404 g/mol. The van der Waals surface area contributed by atoms with Crippen molar-refractivity contribution < 1.29 is 4.74 Å². The fourth-order valence-corrected chi connectivity index (χ4v) is 5.37. The molecule has 4 aromatic rings. The first kappa shape index (κ1) is 18.6. The molecule has 1 saturated heterocycles. The van der Waals surface area contributed by atoms with E-state index in [-0.39, 0.29) is 11.7 Å². The molecule has 4 heterocycles. The van der Waals surface area contributed by atoms with E-state index in [1.54, 1.807) is 16.3 Å². The van der Waals surface area contributed by atoms with Gasteiger partial charge in [0.15, 0.2) is 5.16 Å². The molecule has 0 amide bonds. The lowest BCUT2D eigenvalue weighted by Gasteiger charge is -2.13. The van der Waals surface area contributed by atoms with Gasteiger partial charge in [-0.25, -0.2) is 0 Å². The van der Waals surface area contributed by atoms with Crippen molar-refractivity contribution in [2.24, 2.45) is 0 Å². The number of aromatic nitrogens is 4. The number of nitrogens with zero attached hydrogens (tertiary/aromatic N) is 4. The summed E-state index contributed by atoms with van der Waals surface area (Å²) in [5, 5.41) is 11.5. The average molecular weight is 425 g/mol. The van der Waals surface area contributed by atoms with Gasteiger partial charge >= 0.3 is 0 Å². The molecule has 0 radical (unpaired) electrons. The zero-order valence-electron chi connectivity index (χ0n) is 15.8. The number of ether oxygens (including phenoxy) is 1. The van der Waals surface area contributed by atoms with E-state index in [1.165, 1.54) is 16.9 Å². The van der Waals surface area contributed by atoms with Crippen molar-refractivity contribution in [1.29, 1.82) is 0 Å². The minimum Gasteiger partial charge on any atom is -0.376 e. The highest BCUT2D eigenvalue weighted by atomic mass is 32.2. The maximum atomic E-state index is 13.1. The van der Waals surface area contributed by atoms with Crippen LogP contribution in [0.4, 0.5) is 0 Å². The Hall–Kier alpha value is -2.42. The lowest BCUT2D eigenvalue weighted by molar-refractivity contribution is 0.0969. The molecule has 0 N–H and O–H groups in total. The zero-order valence-corrected chi connectivity index (χ0v) is 17.4. The summed E-state index contributed by atoms with van der Waals surface area (Å²) in [6.45, 7) is 5.07. The SMILES string of the molecule is C=Cc1ccc(CSc2nnc3n(C[C@H]4CCCO4)c(=O)c4sccc4n23)cc1. The molecule has 3 aromatic heterocycles. The summed E-state index contributed by atoms with van der Waals surface area (Å²) in [5.41, 5.74) is 3.16. The Morgan fingerprint density at radius 2 is 2.14 bits per heavy atom. The number of benzene rings is 1. The van der Waals surface area contributed by atoms with E-state index in [2.05, 4.69) is 41.0 Å². The average Bonchev–Trinajstić information content (AvgIpc) is 3.50. The molecule has 148 valence electrons. The second kappa shape index (κ2) is 7.78. The highest BCUT2D eigenvalue weighted by Crippen LogP contribution is 2.27. The predicted molar refractivity (Wildman–Crippen MR) is 118 cm³/mol. The van der Waals surface area contributed by atoms with E-state index in [0.29, 0.717) is 12.3 Å². The van der Waals surface area contributed by atoms with Crippen LogP contribution in [-0.2, 0) is 17.0 Å². The van der Waals surface area contributed by atoms with Crippen LogP contribution in [0.25, 0.3) is 22.1 Å². The van der Waals surface area contributed by atoms with Gasteiger partial charge in [0.2, 0.25) is 5.78 Å². The van der Waals surface area contributed by atoms with Crippen LogP contribution in [0.3, 0.4) is 0 Å². The molecule has 0 bridgehead atoms. The molecule has 8 heteroatoms. The van der Waals surface area contributed by atoms with Crippen molar-refractivity contribution in [3.63, 3.8) is 0 Å². The quantitative estimate of drug-likeness (QED) is 0.434. The van der Waals surface area contributed by atoms with Gasteiger partial charge < -0.3 is 4.74 Å². The summed E-state index contributed by atoms with van der Waals surface area (Å²) < 4.78 is 10.2. The monoisotopic (exact) mass is 424 g/mol. The zero-order chi connectivity index (χ0) is 19.8. The van der Waals surface area contributed by atoms with E-state index in [4.69, 9.17) is 4.74 Å². The van der Waals surface area contributed by atoms with Crippen LogP contribution in [0, 0.1) is 0 Å². The Labute approximate surface area is 175 Å². The molecule has 1 atom stereocenters. The van der Waals surface area contributed by atoms with Crippen molar-refractivity contribution in [1.82, 2.24) is 19.2 Å². The van der Waals surface area contributed by atoms with E-state index < -0.39 is 0 Å². The smallest absolute Gasteiger partial charge is 0.272 e. The Kier molecular flexibility index (Phi) is 4.99. The molecule has 1 fully saturated rings. The molecular formula is C21H20N4O2S2. The minimum atomic E-state index is -0.0121. The third kappa shape index (κ3) is 3.41. The highest BCUT2D eigenvalue weighted by molar-refractivity contribution is 7.98. The summed E-state index contributed by atoms with van der Waals surface area (Å²) in [6, 6.07) is 10.3. The maximum absolute atomic E-state index is 13.1. The standard InChI is InChI=1S/C21H20N4O2S2/c1-2-14-5-7-15(8-6-14)13-29-21-23-22-20-24(12-16-4-3-10-27-16)19(26)18-17(25(20)21)9-11-28-18/h2,5-9,11,16H,1,3-4,10,12-13H2/t16-/m1/s1. The van der Waals surface area contributed by atoms with Gasteiger partial charge in [-0.15, -0.1) is 21.5 Å². The number of thioether (sulfide) groups is 1. The van der Waals surface area contributed by atoms with Crippen LogP contribution in [-0.4, -0.2) is 31.9 Å². The molecule has 1 aromatic carbocycles. The summed E-state index contributed by atoms with van der Waals surface area (Å²) in [7, 11) is 0. The van der Waals surface area contributed by atoms with Gasteiger partial charge in [0.25, 0.3) is 5.56 Å². The number of hydrogen-bond acceptors (Lipinski definition) is 6. The molecule has 0 saturated carbocycles. The van der Waals surface area contributed by atoms with Crippen LogP contribution in [0.5, 0.6) is 0 Å². The summed E-state index contributed by atoms with van der Waals surface area (Å²) in [4.78, 5) is 13.1. The van der Waals surface area contributed by atoms with Gasteiger partial charge in [0, 0.05) is 12.4 Å². The molecule has 0 aliphatic carbocycles. The van der Waals surface area contributed by atoms with Crippen LogP contribution < -0.4 is 5.56 Å². The van der Waals surface area contributed by atoms with Crippen LogP contribution in [0.2, 0.25) is 0 Å². The molecule has 6 nitrogen and oxygen atoms in total. The molecule has 1 aliphatic heterocycles. The third-order valence-corrected chi connectivity index (χ3v) is 7.07. The van der Waals surface area contributed by atoms with Gasteiger partial charge in [-0.3, -0.25) is 13.8 Å². The molecule has 0 spiro atoms. The number of fused-ring (bicyclic) bond motifs is 3. The first-order chi connectivity index (χ1) is 14.2. The summed E-state index contributed by atoms with van der Waals surface area (Å²) in [5.74, 6) is 1.36. The predicted octanol–water partition coefficient (Wildman–Crippen LogP) is 4.22. The fourth-order valence-electron chi connectivity index (χ4n) is 3.65. The number of thiophene rings is 1. The first-order valence-electron chi connectivity index (χ1n) is 9.55. The Morgan fingerprint density at radius 3 is 2.90 bits per heavy atom. The second-order valence-corrected chi connectivity index (χ2v) is 8.90. The Balaban J connectivity index is 1.53. The van der Waals surface area contributed by atoms with E-state index >= 15 is 0 Å². The van der Waals surface area contributed by atoms with Crippen LogP contribution in [0.15, 0.2) is 52.2 Å². The summed E-state index contributed by atoms with van der Waals surface area (Å²) >= 11 is 3.08. The van der Waals surface area contributed by atoms with Gasteiger partial charge in [-0.1, -0.05) is 48.7 Å². The maximum Gasteiger partial charge on any atom is 0.272 e. The highest BCUT2D eigenvalue weighted by Gasteiger charge is 2.22. The molecule has 29 heavy (non-hydrogen) atoms. The van der Waals surface area contributed by atoms with Gasteiger partial charge in [-0.05, 0) is 35.4 Å². The van der Waals surface area contributed by atoms with Crippen LogP contribution >= 0.6 is 23.1 Å². The second-order valence-electron chi connectivity index (χ2n) is 7.04. The van der Waals surface area contributed by atoms with Crippen molar-refractivity contribution in [2.75, 3.05) is 6.61 Å². The van der Waals surface area contributed by atoms with E-state index in [0.717, 1.165) is 46.1 Å². The topological polar surface area (TPSA) is 61.4 Å².